The highest BCUT2D eigenvalue weighted by atomic mass is 16.2. The fourth-order valence-electron chi connectivity index (χ4n) is 2.99. The fourth-order valence-corrected chi connectivity index (χ4v) is 2.99. The van der Waals surface area contributed by atoms with Gasteiger partial charge in [-0.2, -0.15) is 0 Å². The van der Waals surface area contributed by atoms with Crippen molar-refractivity contribution in [2.45, 2.75) is 6.54 Å². The summed E-state index contributed by atoms with van der Waals surface area (Å²) in [5, 5.41) is 9.77. The van der Waals surface area contributed by atoms with Gasteiger partial charge in [-0.25, -0.2) is 0 Å². The lowest BCUT2D eigenvalue weighted by molar-refractivity contribution is 0.0785. The van der Waals surface area contributed by atoms with Gasteiger partial charge in [0.1, 0.15) is 12.7 Å². The summed E-state index contributed by atoms with van der Waals surface area (Å²) in [6, 6.07) is 15.4. The fraction of sp³-hybridized carbons (Fsp3) is 0.100. The van der Waals surface area contributed by atoms with E-state index in [1.807, 2.05) is 61.8 Å². The summed E-state index contributed by atoms with van der Waals surface area (Å²) in [5.74, 6) is -0.0219. The molecule has 0 atom stereocenters. The van der Waals surface area contributed by atoms with Crippen LogP contribution >= 0.6 is 0 Å². The second kappa shape index (κ2) is 6.76. The Morgan fingerprint density at radius 2 is 1.81 bits per heavy atom. The van der Waals surface area contributed by atoms with Gasteiger partial charge >= 0.3 is 0 Å². The number of hydrogen-bond donors (Lipinski definition) is 0. The lowest BCUT2D eigenvalue weighted by atomic mass is 10.1. The first-order valence-corrected chi connectivity index (χ1v) is 8.24. The Balaban J connectivity index is 1.54. The molecule has 4 rings (SSSR count). The molecule has 2 aromatic heterocycles. The molecule has 0 aliphatic carbocycles. The summed E-state index contributed by atoms with van der Waals surface area (Å²) < 4.78 is 1.79. The molecule has 0 aliphatic heterocycles. The van der Waals surface area contributed by atoms with Crippen molar-refractivity contribution in [2.24, 2.45) is 0 Å². The molecular formula is C20H17N5O. The highest BCUT2D eigenvalue weighted by Crippen LogP contribution is 2.19. The summed E-state index contributed by atoms with van der Waals surface area (Å²) >= 11 is 0. The SMILES string of the molecule is CN(Cc1cccc2cnccc12)C(=O)c1ccc(-n2cnnc2)cc1. The van der Waals surface area contributed by atoms with Crippen LogP contribution in [-0.2, 0) is 6.54 Å². The molecule has 4 aromatic rings. The topological polar surface area (TPSA) is 63.9 Å². The molecule has 0 saturated heterocycles. The first kappa shape index (κ1) is 16.0. The molecule has 0 aliphatic rings. The van der Waals surface area contributed by atoms with Crippen LogP contribution in [-0.4, -0.2) is 37.6 Å². The zero-order valence-electron chi connectivity index (χ0n) is 14.3. The van der Waals surface area contributed by atoms with Gasteiger partial charge in [-0.15, -0.1) is 10.2 Å². The van der Waals surface area contributed by atoms with Crippen molar-refractivity contribution in [2.75, 3.05) is 7.05 Å². The number of pyridine rings is 1. The van der Waals surface area contributed by atoms with E-state index in [0.717, 1.165) is 22.0 Å². The van der Waals surface area contributed by atoms with Gasteiger partial charge in [0.15, 0.2) is 0 Å². The molecule has 26 heavy (non-hydrogen) atoms. The number of benzene rings is 2. The molecule has 0 fully saturated rings. The number of hydrogen-bond acceptors (Lipinski definition) is 4. The third kappa shape index (κ3) is 3.04. The van der Waals surface area contributed by atoms with Crippen LogP contribution in [0.2, 0.25) is 0 Å². The first-order valence-electron chi connectivity index (χ1n) is 8.24. The third-order valence-corrected chi connectivity index (χ3v) is 4.36. The van der Waals surface area contributed by atoms with Gasteiger partial charge < -0.3 is 4.90 Å². The zero-order valence-corrected chi connectivity index (χ0v) is 14.3. The van der Waals surface area contributed by atoms with Gasteiger partial charge in [-0.05, 0) is 41.3 Å². The molecule has 6 heteroatoms. The molecule has 1 amide bonds. The van der Waals surface area contributed by atoms with Crippen molar-refractivity contribution in [3.63, 3.8) is 0 Å². The molecule has 0 radical (unpaired) electrons. The van der Waals surface area contributed by atoms with E-state index in [-0.39, 0.29) is 5.91 Å². The highest BCUT2D eigenvalue weighted by Gasteiger charge is 2.13. The van der Waals surface area contributed by atoms with Crippen LogP contribution in [0.25, 0.3) is 16.5 Å². The van der Waals surface area contributed by atoms with E-state index in [9.17, 15) is 4.79 Å². The minimum atomic E-state index is -0.0219. The Morgan fingerprint density at radius 1 is 1.04 bits per heavy atom. The Bertz CT molecular complexity index is 1040. The molecule has 2 aromatic carbocycles. The van der Waals surface area contributed by atoms with Crippen molar-refractivity contribution in [3.05, 3.63) is 84.7 Å². The number of aromatic nitrogens is 4. The van der Waals surface area contributed by atoms with Crippen molar-refractivity contribution in [1.82, 2.24) is 24.6 Å². The van der Waals surface area contributed by atoms with Gasteiger partial charge in [0.05, 0.1) is 0 Å². The highest BCUT2D eigenvalue weighted by molar-refractivity contribution is 5.94. The maximum atomic E-state index is 12.8. The quantitative estimate of drug-likeness (QED) is 0.571. The molecule has 0 spiro atoms. The summed E-state index contributed by atoms with van der Waals surface area (Å²) in [4.78, 5) is 18.6. The summed E-state index contributed by atoms with van der Waals surface area (Å²) in [5.41, 5.74) is 2.66. The Hall–Kier alpha value is -3.54. The molecule has 128 valence electrons. The van der Waals surface area contributed by atoms with E-state index in [1.54, 1.807) is 28.3 Å². The van der Waals surface area contributed by atoms with Crippen molar-refractivity contribution < 1.29 is 4.79 Å². The minimum Gasteiger partial charge on any atom is -0.337 e. The van der Waals surface area contributed by atoms with Crippen LogP contribution in [0.1, 0.15) is 15.9 Å². The van der Waals surface area contributed by atoms with Crippen LogP contribution < -0.4 is 0 Å². The van der Waals surface area contributed by atoms with Gasteiger partial charge in [-0.1, -0.05) is 18.2 Å². The van der Waals surface area contributed by atoms with Crippen molar-refractivity contribution in [1.29, 1.82) is 0 Å². The monoisotopic (exact) mass is 343 g/mol. The van der Waals surface area contributed by atoms with Gasteiger partial charge in [0, 0.05) is 42.6 Å². The molecule has 0 bridgehead atoms. The van der Waals surface area contributed by atoms with E-state index in [0.29, 0.717) is 12.1 Å². The van der Waals surface area contributed by atoms with Crippen LogP contribution in [0.5, 0.6) is 0 Å². The lowest BCUT2D eigenvalue weighted by Gasteiger charge is -2.18. The predicted molar refractivity (Wildman–Crippen MR) is 98.9 cm³/mol. The third-order valence-electron chi connectivity index (χ3n) is 4.36. The van der Waals surface area contributed by atoms with Crippen LogP contribution in [0, 0.1) is 0 Å². The molecule has 2 heterocycles. The average Bonchev–Trinajstić information content (AvgIpc) is 3.23. The number of nitrogens with zero attached hydrogens (tertiary/aromatic N) is 5. The summed E-state index contributed by atoms with van der Waals surface area (Å²) in [6.07, 6.45) is 6.86. The Kier molecular flexibility index (Phi) is 4.15. The smallest absolute Gasteiger partial charge is 0.253 e. The molecule has 0 N–H and O–H groups in total. The van der Waals surface area contributed by atoms with Crippen LogP contribution in [0.3, 0.4) is 0 Å². The van der Waals surface area contributed by atoms with E-state index >= 15 is 0 Å². The van der Waals surface area contributed by atoms with Crippen LogP contribution in [0.15, 0.2) is 73.6 Å². The Morgan fingerprint density at radius 3 is 2.58 bits per heavy atom. The largest absolute Gasteiger partial charge is 0.337 e. The van der Waals surface area contributed by atoms with Crippen LogP contribution in [0.4, 0.5) is 0 Å². The van der Waals surface area contributed by atoms with Gasteiger partial charge in [0.2, 0.25) is 0 Å². The molecule has 6 nitrogen and oxygen atoms in total. The predicted octanol–water partition coefficient (Wildman–Crippen LogP) is 3.09. The van der Waals surface area contributed by atoms with Gasteiger partial charge in [0.25, 0.3) is 5.91 Å². The summed E-state index contributed by atoms with van der Waals surface area (Å²) in [7, 11) is 1.82. The average molecular weight is 343 g/mol. The standard InChI is InChI=1S/C20H17N5O/c1-24(12-17-4-2-3-16-11-21-10-9-19(16)17)20(26)15-5-7-18(8-6-15)25-13-22-23-14-25/h2-11,13-14H,12H2,1H3. The first-order chi connectivity index (χ1) is 12.7. The van der Waals surface area contributed by atoms with E-state index in [1.165, 1.54) is 0 Å². The summed E-state index contributed by atoms with van der Waals surface area (Å²) in [6.45, 7) is 0.535. The number of carbonyl (C=O) groups is 1. The van der Waals surface area contributed by atoms with E-state index in [2.05, 4.69) is 15.2 Å². The normalized spacial score (nSPS) is 10.8. The van der Waals surface area contributed by atoms with E-state index < -0.39 is 0 Å². The number of fused-ring (bicyclic) bond motifs is 1. The van der Waals surface area contributed by atoms with Crippen molar-refractivity contribution >= 4 is 16.7 Å². The minimum absolute atomic E-state index is 0.0219. The second-order valence-corrected chi connectivity index (χ2v) is 6.09. The maximum absolute atomic E-state index is 12.8. The van der Waals surface area contributed by atoms with Gasteiger partial charge in [-0.3, -0.25) is 14.3 Å². The molecular weight excluding hydrogens is 326 g/mol. The van der Waals surface area contributed by atoms with Crippen molar-refractivity contribution in [3.8, 4) is 5.69 Å². The number of carbonyl (C=O) groups excluding carboxylic acids is 1. The Labute approximate surface area is 150 Å². The van der Waals surface area contributed by atoms with E-state index in [4.69, 9.17) is 0 Å². The molecule has 0 saturated carbocycles. The number of rotatable bonds is 4. The second-order valence-electron chi connectivity index (χ2n) is 6.09. The number of amides is 1. The maximum Gasteiger partial charge on any atom is 0.253 e. The lowest BCUT2D eigenvalue weighted by Crippen LogP contribution is -2.26. The zero-order chi connectivity index (χ0) is 17.9. The molecule has 0 unspecified atom stereocenters.